The molecule has 0 amide bonds. The van der Waals surface area contributed by atoms with Gasteiger partial charge >= 0.3 is 0 Å². The van der Waals surface area contributed by atoms with Crippen LogP contribution >= 0.6 is 0 Å². The van der Waals surface area contributed by atoms with Gasteiger partial charge in [-0.1, -0.05) is 38.8 Å². The lowest BCUT2D eigenvalue weighted by molar-refractivity contribution is 0.485. The first-order valence-electron chi connectivity index (χ1n) is 7.20. The Labute approximate surface area is 112 Å². The quantitative estimate of drug-likeness (QED) is 0.797. The number of aryl methyl sites for hydroxylation is 1. The van der Waals surface area contributed by atoms with Gasteiger partial charge in [-0.15, -0.1) is 0 Å². The van der Waals surface area contributed by atoms with E-state index in [0.717, 1.165) is 19.0 Å². The van der Waals surface area contributed by atoms with Crippen LogP contribution in [0.1, 0.15) is 44.7 Å². The molecule has 0 aliphatic rings. The zero-order valence-electron chi connectivity index (χ0n) is 12.4. The molecule has 0 aliphatic heterocycles. The zero-order chi connectivity index (χ0) is 13.5. The number of rotatable bonds is 7. The molecule has 2 heteroatoms. The predicted octanol–water partition coefficient (Wildman–Crippen LogP) is 3.72. The largest absolute Gasteiger partial charge is 0.371 e. The fourth-order valence-corrected chi connectivity index (χ4v) is 2.40. The molecule has 0 atom stereocenters. The topological polar surface area (TPSA) is 29.3 Å². The Morgan fingerprint density at radius 3 is 2.33 bits per heavy atom. The third-order valence-corrected chi connectivity index (χ3v) is 3.82. The number of benzene rings is 1. The molecule has 2 N–H and O–H groups in total. The van der Waals surface area contributed by atoms with Crippen molar-refractivity contribution in [3.05, 3.63) is 29.3 Å². The molecule has 1 rings (SSSR count). The van der Waals surface area contributed by atoms with Crippen LogP contribution in [0.4, 0.5) is 5.69 Å². The summed E-state index contributed by atoms with van der Waals surface area (Å²) in [6.45, 7) is 11.7. The van der Waals surface area contributed by atoms with Crippen molar-refractivity contribution >= 4 is 5.69 Å². The second-order valence-electron chi connectivity index (χ2n) is 5.06. The molecule has 0 aromatic heterocycles. The predicted molar refractivity (Wildman–Crippen MR) is 81.0 cm³/mol. The molecule has 0 aliphatic carbocycles. The van der Waals surface area contributed by atoms with E-state index in [1.54, 1.807) is 0 Å². The molecule has 0 saturated heterocycles. The Hall–Kier alpha value is -1.02. The Bertz CT molecular complexity index is 356. The van der Waals surface area contributed by atoms with Crippen molar-refractivity contribution in [2.24, 2.45) is 11.7 Å². The Balaban J connectivity index is 2.96. The van der Waals surface area contributed by atoms with Gasteiger partial charge in [-0.25, -0.2) is 0 Å². The summed E-state index contributed by atoms with van der Waals surface area (Å²) in [5, 5.41) is 0. The summed E-state index contributed by atoms with van der Waals surface area (Å²) in [4.78, 5) is 2.48. The number of nitrogens with two attached hydrogens (primary N) is 1. The van der Waals surface area contributed by atoms with Gasteiger partial charge in [-0.05, 0) is 37.0 Å². The summed E-state index contributed by atoms with van der Waals surface area (Å²) in [6, 6.07) is 6.59. The van der Waals surface area contributed by atoms with Crippen molar-refractivity contribution in [3.8, 4) is 0 Å². The minimum absolute atomic E-state index is 0.620. The molecule has 0 unspecified atom stereocenters. The summed E-state index contributed by atoms with van der Waals surface area (Å²) < 4.78 is 0. The van der Waals surface area contributed by atoms with Crippen LogP contribution in [-0.2, 0) is 6.54 Å². The maximum Gasteiger partial charge on any atom is 0.0414 e. The molecule has 1 aromatic carbocycles. The van der Waals surface area contributed by atoms with Crippen LogP contribution in [0.25, 0.3) is 0 Å². The van der Waals surface area contributed by atoms with Crippen molar-refractivity contribution in [2.45, 2.75) is 47.1 Å². The first-order chi connectivity index (χ1) is 8.65. The van der Waals surface area contributed by atoms with Gasteiger partial charge in [0.15, 0.2) is 0 Å². The number of hydrogen-bond donors (Lipinski definition) is 1. The van der Waals surface area contributed by atoms with Crippen LogP contribution in [-0.4, -0.2) is 13.1 Å². The molecule has 0 bridgehead atoms. The van der Waals surface area contributed by atoms with Crippen LogP contribution < -0.4 is 10.6 Å². The second-order valence-corrected chi connectivity index (χ2v) is 5.06. The number of anilines is 1. The van der Waals surface area contributed by atoms with Crippen molar-refractivity contribution in [1.29, 1.82) is 0 Å². The highest BCUT2D eigenvalue weighted by molar-refractivity contribution is 5.55. The van der Waals surface area contributed by atoms with Gasteiger partial charge in [0.05, 0.1) is 0 Å². The van der Waals surface area contributed by atoms with Crippen LogP contribution in [0.15, 0.2) is 18.2 Å². The lowest BCUT2D eigenvalue weighted by atomic mass is 10.0. The van der Waals surface area contributed by atoms with E-state index >= 15 is 0 Å². The molecule has 1 aromatic rings. The molecule has 18 heavy (non-hydrogen) atoms. The van der Waals surface area contributed by atoms with E-state index in [1.807, 2.05) is 0 Å². The Kier molecular flexibility index (Phi) is 6.20. The zero-order valence-corrected chi connectivity index (χ0v) is 12.4. The standard InChI is InChI=1S/C16H28N2/c1-5-14(6-2)12-18(7-3)16-10-13(4)8-9-15(16)11-17/h8-10,14H,5-7,11-12,17H2,1-4H3. The maximum absolute atomic E-state index is 5.86. The minimum Gasteiger partial charge on any atom is -0.371 e. The summed E-state index contributed by atoms with van der Waals surface area (Å²) >= 11 is 0. The fourth-order valence-electron chi connectivity index (χ4n) is 2.40. The molecular weight excluding hydrogens is 220 g/mol. The van der Waals surface area contributed by atoms with E-state index < -0.39 is 0 Å². The molecule has 0 saturated carbocycles. The van der Waals surface area contributed by atoms with Crippen molar-refractivity contribution in [3.63, 3.8) is 0 Å². The van der Waals surface area contributed by atoms with E-state index in [4.69, 9.17) is 5.73 Å². The van der Waals surface area contributed by atoms with E-state index in [1.165, 1.54) is 29.7 Å². The smallest absolute Gasteiger partial charge is 0.0414 e. The third kappa shape index (κ3) is 3.74. The van der Waals surface area contributed by atoms with Crippen molar-refractivity contribution in [1.82, 2.24) is 0 Å². The first-order valence-corrected chi connectivity index (χ1v) is 7.20. The molecule has 102 valence electrons. The molecule has 0 fully saturated rings. The van der Waals surface area contributed by atoms with E-state index in [9.17, 15) is 0 Å². The number of nitrogens with zero attached hydrogens (tertiary/aromatic N) is 1. The average Bonchev–Trinajstić information content (AvgIpc) is 2.40. The highest BCUT2D eigenvalue weighted by Crippen LogP contribution is 2.24. The Morgan fingerprint density at radius 1 is 1.17 bits per heavy atom. The van der Waals surface area contributed by atoms with E-state index in [-0.39, 0.29) is 0 Å². The molecule has 0 heterocycles. The van der Waals surface area contributed by atoms with E-state index in [2.05, 4.69) is 50.8 Å². The fraction of sp³-hybridized carbons (Fsp3) is 0.625. The molecule has 0 radical (unpaired) electrons. The monoisotopic (exact) mass is 248 g/mol. The normalized spacial score (nSPS) is 11.0. The molecule has 2 nitrogen and oxygen atoms in total. The second kappa shape index (κ2) is 7.42. The van der Waals surface area contributed by atoms with Crippen LogP contribution in [0.3, 0.4) is 0 Å². The highest BCUT2D eigenvalue weighted by atomic mass is 15.1. The van der Waals surface area contributed by atoms with Gasteiger partial charge in [0.25, 0.3) is 0 Å². The summed E-state index contributed by atoms with van der Waals surface area (Å²) in [5.41, 5.74) is 9.76. The summed E-state index contributed by atoms with van der Waals surface area (Å²) in [7, 11) is 0. The van der Waals surface area contributed by atoms with Gasteiger partial charge < -0.3 is 10.6 Å². The SMILES string of the molecule is CCC(CC)CN(CC)c1cc(C)ccc1CN. The third-order valence-electron chi connectivity index (χ3n) is 3.82. The summed E-state index contributed by atoms with van der Waals surface area (Å²) in [6.07, 6.45) is 2.49. The maximum atomic E-state index is 5.86. The average molecular weight is 248 g/mol. The lowest BCUT2D eigenvalue weighted by Gasteiger charge is -2.29. The van der Waals surface area contributed by atoms with Crippen molar-refractivity contribution < 1.29 is 0 Å². The van der Waals surface area contributed by atoms with Crippen LogP contribution in [0.5, 0.6) is 0 Å². The first kappa shape index (κ1) is 15.0. The van der Waals surface area contributed by atoms with Crippen molar-refractivity contribution in [2.75, 3.05) is 18.0 Å². The Morgan fingerprint density at radius 2 is 1.83 bits per heavy atom. The van der Waals surface area contributed by atoms with Crippen LogP contribution in [0, 0.1) is 12.8 Å². The van der Waals surface area contributed by atoms with Crippen LogP contribution in [0.2, 0.25) is 0 Å². The minimum atomic E-state index is 0.620. The number of hydrogen-bond acceptors (Lipinski definition) is 2. The summed E-state index contributed by atoms with van der Waals surface area (Å²) in [5.74, 6) is 0.774. The van der Waals surface area contributed by atoms with Gasteiger partial charge in [-0.2, -0.15) is 0 Å². The van der Waals surface area contributed by atoms with E-state index in [0.29, 0.717) is 6.54 Å². The van der Waals surface area contributed by atoms with Gasteiger partial charge in [-0.3, -0.25) is 0 Å². The highest BCUT2D eigenvalue weighted by Gasteiger charge is 2.13. The van der Waals surface area contributed by atoms with Gasteiger partial charge in [0.2, 0.25) is 0 Å². The molecular formula is C16H28N2. The van der Waals surface area contributed by atoms with Gasteiger partial charge in [0.1, 0.15) is 0 Å². The molecule has 0 spiro atoms. The lowest BCUT2D eigenvalue weighted by Crippen LogP contribution is -2.30. The van der Waals surface area contributed by atoms with Gasteiger partial charge in [0, 0.05) is 25.3 Å².